The summed E-state index contributed by atoms with van der Waals surface area (Å²) in [7, 11) is -4.23. The van der Waals surface area contributed by atoms with Gasteiger partial charge in [-0.3, -0.25) is 9.48 Å². The highest BCUT2D eigenvalue weighted by molar-refractivity contribution is 7.90. The number of carbonyl (C=O) groups is 1. The summed E-state index contributed by atoms with van der Waals surface area (Å²) in [5.74, 6) is 0.549. The van der Waals surface area contributed by atoms with Gasteiger partial charge in [-0.15, -0.1) is 5.10 Å². The predicted octanol–water partition coefficient (Wildman–Crippen LogP) is 4.70. The maximum Gasteiger partial charge on any atom is 0.394 e. The van der Waals surface area contributed by atoms with E-state index in [0.29, 0.717) is 43.0 Å². The van der Waals surface area contributed by atoms with Gasteiger partial charge < -0.3 is 9.64 Å². The van der Waals surface area contributed by atoms with Gasteiger partial charge in [0.25, 0.3) is 15.9 Å². The smallest absolute Gasteiger partial charge is 0.394 e. The van der Waals surface area contributed by atoms with Crippen LogP contribution in [-0.4, -0.2) is 65.9 Å². The first kappa shape index (κ1) is 31.1. The van der Waals surface area contributed by atoms with Crippen LogP contribution in [0.2, 0.25) is 0 Å². The number of halogens is 3. The van der Waals surface area contributed by atoms with Crippen LogP contribution >= 0.6 is 0 Å². The minimum absolute atomic E-state index is 0.0965. The van der Waals surface area contributed by atoms with E-state index in [1.165, 1.54) is 12.1 Å². The molecular weight excluding hydrogens is 587 g/mol. The number of hydrogen-bond acceptors (Lipinski definition) is 9. The molecule has 0 saturated carbocycles. The molecule has 1 unspecified atom stereocenters. The van der Waals surface area contributed by atoms with Gasteiger partial charge in [-0.1, -0.05) is 13.8 Å². The van der Waals surface area contributed by atoms with Crippen molar-refractivity contribution in [3.63, 3.8) is 0 Å². The van der Waals surface area contributed by atoms with Gasteiger partial charge in [0.05, 0.1) is 23.6 Å². The van der Waals surface area contributed by atoms with Crippen molar-refractivity contribution in [2.45, 2.75) is 96.1 Å². The first-order valence-corrected chi connectivity index (χ1v) is 15.9. The van der Waals surface area contributed by atoms with E-state index in [2.05, 4.69) is 33.7 Å². The number of amides is 1. The Morgan fingerprint density at radius 2 is 1.93 bits per heavy atom. The van der Waals surface area contributed by atoms with Crippen LogP contribution < -0.4 is 14.6 Å². The summed E-state index contributed by atoms with van der Waals surface area (Å²) in [4.78, 5) is 20.4. The van der Waals surface area contributed by atoms with Crippen LogP contribution in [0.15, 0.2) is 34.5 Å². The van der Waals surface area contributed by atoms with E-state index in [4.69, 9.17) is 9.72 Å². The number of anilines is 2. The summed E-state index contributed by atoms with van der Waals surface area (Å²) < 4.78 is 75.2. The van der Waals surface area contributed by atoms with Crippen molar-refractivity contribution >= 4 is 33.5 Å². The number of aromatic nitrogens is 3. The minimum atomic E-state index is -4.35. The molecule has 5 heterocycles. The number of nitrogens with one attached hydrogen (secondary N) is 1. The fourth-order valence-electron chi connectivity index (χ4n) is 5.81. The topological polar surface area (TPSA) is 122 Å². The minimum Gasteiger partial charge on any atom is -0.480 e. The number of sulfonamides is 1. The van der Waals surface area contributed by atoms with Gasteiger partial charge in [0, 0.05) is 31.2 Å². The zero-order valence-corrected chi connectivity index (χ0v) is 25.8. The molecule has 15 heteroatoms. The van der Waals surface area contributed by atoms with Crippen molar-refractivity contribution < 1.29 is 31.1 Å². The van der Waals surface area contributed by atoms with Crippen LogP contribution in [-0.2, 0) is 21.3 Å². The summed E-state index contributed by atoms with van der Waals surface area (Å²) in [5.41, 5.74) is -2.17. The molecule has 1 saturated heterocycles. The van der Waals surface area contributed by atoms with E-state index in [1.54, 1.807) is 22.0 Å². The second-order valence-electron chi connectivity index (χ2n) is 12.9. The number of pyridine rings is 1. The molecule has 1 N–H and O–H groups in total. The largest absolute Gasteiger partial charge is 0.480 e. The number of carbonyl (C=O) groups excluding carboxylic acids is 1. The molecule has 1 fully saturated rings. The second kappa shape index (κ2) is 11.0. The van der Waals surface area contributed by atoms with Crippen molar-refractivity contribution in [2.24, 2.45) is 16.4 Å². The molecule has 0 aromatic carbocycles. The molecule has 1 amide bonds. The summed E-state index contributed by atoms with van der Waals surface area (Å²) in [6, 6.07) is 4.27. The molecule has 3 aliphatic rings. The van der Waals surface area contributed by atoms with E-state index in [-0.39, 0.29) is 35.2 Å². The number of hydrogen-bond donors (Lipinski definition) is 1. The first-order valence-electron chi connectivity index (χ1n) is 14.4. The third-order valence-electron chi connectivity index (χ3n) is 8.54. The molecule has 11 nitrogen and oxygen atoms in total. The molecule has 0 spiro atoms. The predicted molar refractivity (Wildman–Crippen MR) is 154 cm³/mol. The number of hydrazone groups is 1. The van der Waals surface area contributed by atoms with E-state index in [1.807, 2.05) is 6.92 Å². The average Bonchev–Trinajstić information content (AvgIpc) is 3.59. The quantitative estimate of drug-likeness (QED) is 0.519. The van der Waals surface area contributed by atoms with Gasteiger partial charge in [-0.05, 0) is 70.6 Å². The lowest BCUT2D eigenvalue weighted by atomic mass is 9.89. The Bertz CT molecular complexity index is 1520. The molecular formula is C28H38F3N7O4S. The number of alkyl halides is 3. The van der Waals surface area contributed by atoms with Crippen molar-refractivity contribution in [3.05, 3.63) is 30.0 Å². The Morgan fingerprint density at radius 1 is 1.19 bits per heavy atom. The Kier molecular flexibility index (Phi) is 7.93. The molecule has 0 aliphatic carbocycles. The van der Waals surface area contributed by atoms with Crippen molar-refractivity contribution in [2.75, 3.05) is 23.1 Å². The lowest BCUT2D eigenvalue weighted by Crippen LogP contribution is -2.41. The van der Waals surface area contributed by atoms with Crippen molar-refractivity contribution in [1.29, 1.82) is 0 Å². The molecule has 0 radical (unpaired) electrons. The van der Waals surface area contributed by atoms with E-state index in [9.17, 15) is 26.4 Å². The third kappa shape index (κ3) is 6.31. The lowest BCUT2D eigenvalue weighted by Gasteiger charge is -2.34. The van der Waals surface area contributed by atoms with E-state index >= 15 is 0 Å². The number of ether oxygens (including phenoxy) is 1. The van der Waals surface area contributed by atoms with E-state index < -0.39 is 27.5 Å². The maximum absolute atomic E-state index is 13.5. The number of aryl methyl sites for hydroxylation is 1. The number of rotatable bonds is 4. The maximum atomic E-state index is 13.5. The summed E-state index contributed by atoms with van der Waals surface area (Å²) in [5, 5.41) is 10.0. The van der Waals surface area contributed by atoms with Gasteiger partial charge >= 0.3 is 6.18 Å². The zero-order valence-electron chi connectivity index (χ0n) is 25.0. The van der Waals surface area contributed by atoms with Gasteiger partial charge in [0.2, 0.25) is 5.90 Å². The highest BCUT2D eigenvalue weighted by Gasteiger charge is 2.47. The molecule has 4 bridgehead atoms. The molecule has 2 aromatic rings. The highest BCUT2D eigenvalue weighted by atomic mass is 32.2. The zero-order chi connectivity index (χ0) is 31.4. The van der Waals surface area contributed by atoms with Crippen LogP contribution in [0.25, 0.3) is 0 Å². The van der Waals surface area contributed by atoms with Crippen LogP contribution in [0.1, 0.15) is 77.1 Å². The van der Waals surface area contributed by atoms with Gasteiger partial charge in [-0.25, -0.2) is 14.7 Å². The SMILES string of the molecule is CC1CC(OCCC(C)(C)C(F)(F)F)=NN1c1ccc2c(n1)N1C[C@@H](CCCn3ccc(n3)S(=O)(=O)NC2=O)CC1(C)C. The molecule has 236 valence electrons. The fraction of sp³-hybridized carbons (Fsp3) is 0.643. The molecule has 2 atom stereocenters. The average molecular weight is 626 g/mol. The summed E-state index contributed by atoms with van der Waals surface area (Å²) in [6.07, 6.45) is -0.0424. The molecule has 3 aliphatic heterocycles. The van der Waals surface area contributed by atoms with Gasteiger partial charge in [0.1, 0.15) is 5.82 Å². The lowest BCUT2D eigenvalue weighted by molar-refractivity contribution is -0.215. The van der Waals surface area contributed by atoms with Crippen LogP contribution in [0, 0.1) is 11.3 Å². The second-order valence-corrected chi connectivity index (χ2v) is 14.5. The van der Waals surface area contributed by atoms with Crippen molar-refractivity contribution in [1.82, 2.24) is 19.5 Å². The molecule has 43 heavy (non-hydrogen) atoms. The summed E-state index contributed by atoms with van der Waals surface area (Å²) >= 11 is 0. The van der Waals surface area contributed by atoms with Gasteiger partial charge in [-0.2, -0.15) is 26.7 Å². The summed E-state index contributed by atoms with van der Waals surface area (Å²) in [6.45, 7) is 9.36. The Balaban J connectivity index is 1.46. The number of nitrogens with zero attached hydrogens (tertiary/aromatic N) is 6. The van der Waals surface area contributed by atoms with Crippen LogP contribution in [0.4, 0.5) is 24.8 Å². The molecule has 2 aromatic heterocycles. The first-order chi connectivity index (χ1) is 20.0. The Labute approximate surface area is 249 Å². The van der Waals surface area contributed by atoms with Crippen molar-refractivity contribution in [3.8, 4) is 0 Å². The Hall–Kier alpha value is -3.36. The van der Waals surface area contributed by atoms with E-state index in [0.717, 1.165) is 33.1 Å². The van der Waals surface area contributed by atoms with Gasteiger partial charge in [0.15, 0.2) is 10.8 Å². The number of fused-ring (bicyclic) bond motifs is 6. The Morgan fingerprint density at radius 3 is 2.65 bits per heavy atom. The highest BCUT2D eigenvalue weighted by Crippen LogP contribution is 2.42. The van der Waals surface area contributed by atoms with Crippen LogP contribution in [0.3, 0.4) is 0 Å². The third-order valence-corrected chi connectivity index (χ3v) is 9.77. The van der Waals surface area contributed by atoms with Crippen LogP contribution in [0.5, 0.6) is 0 Å². The fourth-order valence-corrected chi connectivity index (χ4v) is 6.72. The normalized spacial score (nSPS) is 23.8. The molecule has 5 rings (SSSR count). The monoisotopic (exact) mass is 625 g/mol. The standard InChI is InChI=1S/C28H38F3N7O4S/c1-18-15-22(42-14-11-26(2,3)28(29,30)31)33-38(18)21-9-8-20-24(32-21)37-17-19(16-27(37,4)5)7-6-12-36-13-10-23(34-36)43(40,41)35-25(20)39/h8-10,13,18-19H,6-7,11-12,14-17H2,1-5H3,(H,35,39)/t18?,19-/m0/s1.